The Bertz CT molecular complexity index is 710. The molecule has 8 heteroatoms. The number of aliphatic imine (C=N–C) groups is 2. The van der Waals surface area contributed by atoms with Gasteiger partial charge in [0.1, 0.15) is 11.2 Å². The van der Waals surface area contributed by atoms with Gasteiger partial charge in [0.2, 0.25) is 11.9 Å². The van der Waals surface area contributed by atoms with E-state index < -0.39 is 11.6 Å². The number of carboxylic acid groups (broad SMARTS) is 1. The second kappa shape index (κ2) is 5.73. The van der Waals surface area contributed by atoms with Crippen LogP contribution in [0.4, 0.5) is 5.69 Å². The second-order valence-corrected chi connectivity index (χ2v) is 6.16. The first-order chi connectivity index (χ1) is 10.9. The Balaban J connectivity index is 2.19. The van der Waals surface area contributed by atoms with Gasteiger partial charge in [-0.25, -0.2) is 9.79 Å². The molecule has 0 saturated heterocycles. The summed E-state index contributed by atoms with van der Waals surface area (Å²) in [5.74, 6) is -0.851. The number of carboxylic acids is 1. The van der Waals surface area contributed by atoms with Gasteiger partial charge in [0, 0.05) is 0 Å². The zero-order chi connectivity index (χ0) is 16.6. The Labute approximate surface area is 138 Å². The average molecular weight is 336 g/mol. The second-order valence-electron chi connectivity index (χ2n) is 5.76. The molecule has 1 spiro atoms. The number of guanidine groups is 2. The Kier molecular flexibility index (Phi) is 3.89. The number of benzene rings is 1. The van der Waals surface area contributed by atoms with Crippen LogP contribution in [0, 0.1) is 0 Å². The molecule has 0 atom stereocenters. The number of hydrogen-bond donors (Lipinski definition) is 3. The molecule has 3 rings (SSSR count). The number of carbonyl (C=O) groups is 1. The molecular weight excluding hydrogens is 318 g/mol. The van der Waals surface area contributed by atoms with E-state index in [-0.39, 0.29) is 22.5 Å². The summed E-state index contributed by atoms with van der Waals surface area (Å²) in [5.41, 5.74) is 11.6. The summed E-state index contributed by atoms with van der Waals surface area (Å²) < 4.78 is 0. The lowest BCUT2D eigenvalue weighted by molar-refractivity contribution is 0.0697. The Morgan fingerprint density at radius 2 is 1.96 bits per heavy atom. The van der Waals surface area contributed by atoms with Crippen molar-refractivity contribution in [3.05, 3.63) is 28.8 Å². The molecule has 1 aromatic carbocycles. The van der Waals surface area contributed by atoms with Crippen LogP contribution >= 0.6 is 11.6 Å². The summed E-state index contributed by atoms with van der Waals surface area (Å²) in [6.07, 6.45) is 4.49. The summed E-state index contributed by atoms with van der Waals surface area (Å²) in [6.45, 7) is 0. The molecule has 0 bridgehead atoms. The smallest absolute Gasteiger partial charge is 0.339 e. The van der Waals surface area contributed by atoms with Gasteiger partial charge in [-0.1, -0.05) is 24.1 Å². The van der Waals surface area contributed by atoms with Crippen LogP contribution in [-0.4, -0.2) is 28.7 Å². The molecule has 0 radical (unpaired) electrons. The molecule has 0 aromatic heterocycles. The molecule has 1 saturated carbocycles. The average Bonchev–Trinajstić information content (AvgIpc) is 2.46. The molecule has 1 aromatic rings. The van der Waals surface area contributed by atoms with E-state index in [2.05, 4.69) is 9.98 Å². The molecule has 122 valence electrons. The highest BCUT2D eigenvalue weighted by atomic mass is 35.5. The first-order valence-corrected chi connectivity index (χ1v) is 7.84. The van der Waals surface area contributed by atoms with Crippen molar-refractivity contribution in [3.63, 3.8) is 0 Å². The molecule has 0 unspecified atom stereocenters. The fourth-order valence-electron chi connectivity index (χ4n) is 3.38. The van der Waals surface area contributed by atoms with Gasteiger partial charge in [0.05, 0.1) is 10.7 Å². The lowest BCUT2D eigenvalue weighted by Crippen LogP contribution is -2.58. The number of anilines is 1. The molecule has 2 aliphatic rings. The SMILES string of the molecule is NC1=NC2(CCCCC2)N(c2cccc(Cl)c2C(=O)O)C(N)=N1. The standard InChI is InChI=1S/C15H18ClN5O2/c16-9-5-4-6-10(11(9)12(22)23)21-14(18)19-13(17)20-15(21)7-2-1-3-8-15/h4-6H,1-3,7-8H2,(H,22,23)(H4,17,18,19,20). The highest BCUT2D eigenvalue weighted by Gasteiger charge is 2.44. The van der Waals surface area contributed by atoms with Gasteiger partial charge in [0.15, 0.2) is 0 Å². The van der Waals surface area contributed by atoms with Gasteiger partial charge in [-0.3, -0.25) is 4.90 Å². The van der Waals surface area contributed by atoms with Crippen molar-refractivity contribution in [3.8, 4) is 0 Å². The van der Waals surface area contributed by atoms with Crippen molar-refractivity contribution in [1.29, 1.82) is 0 Å². The summed E-state index contributed by atoms with van der Waals surface area (Å²) >= 11 is 6.10. The fraction of sp³-hybridized carbons (Fsp3) is 0.400. The highest BCUT2D eigenvalue weighted by Crippen LogP contribution is 2.41. The number of aromatic carboxylic acids is 1. The van der Waals surface area contributed by atoms with Gasteiger partial charge in [0.25, 0.3) is 0 Å². The van der Waals surface area contributed by atoms with E-state index in [0.29, 0.717) is 5.69 Å². The zero-order valence-corrected chi connectivity index (χ0v) is 13.3. The van der Waals surface area contributed by atoms with Crippen LogP contribution in [0.5, 0.6) is 0 Å². The highest BCUT2D eigenvalue weighted by molar-refractivity contribution is 6.34. The minimum Gasteiger partial charge on any atom is -0.478 e. The molecule has 1 fully saturated rings. The van der Waals surface area contributed by atoms with Crippen molar-refractivity contribution in [2.24, 2.45) is 21.5 Å². The fourth-order valence-corrected chi connectivity index (χ4v) is 3.63. The maximum Gasteiger partial charge on any atom is 0.339 e. The maximum absolute atomic E-state index is 11.7. The van der Waals surface area contributed by atoms with Gasteiger partial charge in [-0.05, 0) is 37.8 Å². The topological polar surface area (TPSA) is 117 Å². The number of nitrogens with zero attached hydrogens (tertiary/aromatic N) is 3. The Morgan fingerprint density at radius 3 is 2.61 bits per heavy atom. The van der Waals surface area contributed by atoms with E-state index in [9.17, 15) is 9.90 Å². The van der Waals surface area contributed by atoms with E-state index in [1.54, 1.807) is 17.0 Å². The Hall–Kier alpha value is -2.28. The molecule has 0 amide bonds. The van der Waals surface area contributed by atoms with Gasteiger partial charge in [-0.2, -0.15) is 4.99 Å². The van der Waals surface area contributed by atoms with Crippen LogP contribution in [0.15, 0.2) is 28.2 Å². The normalized spacial score (nSPS) is 20.1. The predicted molar refractivity (Wildman–Crippen MR) is 90.0 cm³/mol. The number of rotatable bonds is 2. The molecule has 1 heterocycles. The van der Waals surface area contributed by atoms with Gasteiger partial charge >= 0.3 is 5.97 Å². The predicted octanol–water partition coefficient (Wildman–Crippen LogP) is 2.15. The molecule has 1 aliphatic heterocycles. The zero-order valence-electron chi connectivity index (χ0n) is 12.5. The minimum absolute atomic E-state index is 0.00654. The van der Waals surface area contributed by atoms with Crippen LogP contribution in [0.25, 0.3) is 0 Å². The Morgan fingerprint density at radius 1 is 1.26 bits per heavy atom. The van der Waals surface area contributed by atoms with E-state index >= 15 is 0 Å². The van der Waals surface area contributed by atoms with Crippen molar-refractivity contribution >= 4 is 35.2 Å². The third-order valence-corrected chi connectivity index (χ3v) is 4.61. The van der Waals surface area contributed by atoms with E-state index in [0.717, 1.165) is 32.1 Å². The molecule has 23 heavy (non-hydrogen) atoms. The number of hydrogen-bond acceptors (Lipinski definition) is 6. The third kappa shape index (κ3) is 2.61. The first kappa shape index (κ1) is 15.6. The summed E-state index contributed by atoms with van der Waals surface area (Å²) in [4.78, 5) is 21.9. The molecular formula is C15H18ClN5O2. The van der Waals surface area contributed by atoms with Crippen molar-refractivity contribution < 1.29 is 9.90 Å². The quantitative estimate of drug-likeness (QED) is 0.765. The largest absolute Gasteiger partial charge is 0.478 e. The number of halogens is 1. The van der Waals surface area contributed by atoms with Gasteiger partial charge in [-0.15, -0.1) is 0 Å². The van der Waals surface area contributed by atoms with Crippen molar-refractivity contribution in [2.75, 3.05) is 4.90 Å². The molecule has 1 aliphatic carbocycles. The molecule has 5 N–H and O–H groups in total. The summed E-state index contributed by atoms with van der Waals surface area (Å²) in [6, 6.07) is 4.90. The van der Waals surface area contributed by atoms with Crippen molar-refractivity contribution in [2.45, 2.75) is 37.8 Å². The number of nitrogens with two attached hydrogens (primary N) is 2. The van der Waals surface area contributed by atoms with Crippen LogP contribution in [0.1, 0.15) is 42.5 Å². The van der Waals surface area contributed by atoms with E-state index in [1.807, 2.05) is 0 Å². The van der Waals surface area contributed by atoms with Crippen LogP contribution in [0.3, 0.4) is 0 Å². The van der Waals surface area contributed by atoms with Crippen LogP contribution in [0.2, 0.25) is 5.02 Å². The maximum atomic E-state index is 11.7. The molecule has 7 nitrogen and oxygen atoms in total. The lowest BCUT2D eigenvalue weighted by atomic mass is 9.87. The first-order valence-electron chi connectivity index (χ1n) is 7.46. The van der Waals surface area contributed by atoms with Gasteiger partial charge < -0.3 is 16.6 Å². The minimum atomic E-state index is -1.12. The monoisotopic (exact) mass is 335 g/mol. The van der Waals surface area contributed by atoms with Crippen molar-refractivity contribution in [1.82, 2.24) is 0 Å². The van der Waals surface area contributed by atoms with Crippen LogP contribution in [-0.2, 0) is 0 Å². The summed E-state index contributed by atoms with van der Waals surface area (Å²) in [7, 11) is 0. The van der Waals surface area contributed by atoms with Crippen LogP contribution < -0.4 is 16.4 Å². The van der Waals surface area contributed by atoms with E-state index in [4.69, 9.17) is 23.1 Å². The third-order valence-electron chi connectivity index (χ3n) is 4.30. The summed E-state index contributed by atoms with van der Waals surface area (Å²) in [5, 5.41) is 9.70. The van der Waals surface area contributed by atoms with E-state index in [1.165, 1.54) is 6.07 Å². The lowest BCUT2D eigenvalue weighted by Gasteiger charge is -2.46.